The quantitative estimate of drug-likeness (QED) is 0.0545. The number of hydrogen-bond donors (Lipinski definition) is 11. The molecule has 4 rings (SSSR count). The van der Waals surface area contributed by atoms with Gasteiger partial charge in [-0.05, 0) is 50.3 Å². The average molecular weight is 822 g/mol. The van der Waals surface area contributed by atoms with Gasteiger partial charge in [-0.15, -0.1) is 0 Å². The van der Waals surface area contributed by atoms with Crippen molar-refractivity contribution in [3.05, 3.63) is 71.9 Å². The number of hydrogen-bond acceptors (Lipinski definition) is 11. The predicted molar refractivity (Wildman–Crippen MR) is 210 cm³/mol. The van der Waals surface area contributed by atoms with Crippen molar-refractivity contribution in [2.24, 2.45) is 11.5 Å². The van der Waals surface area contributed by atoms with Crippen LogP contribution in [-0.2, 0) is 51.2 Å². The molecular formula is C39H51N9O11. The molecular weight excluding hydrogens is 770 g/mol. The molecule has 1 saturated heterocycles. The van der Waals surface area contributed by atoms with Gasteiger partial charge in [0.2, 0.25) is 41.4 Å². The number of aromatic nitrogens is 1. The maximum absolute atomic E-state index is 13.8. The molecule has 3 aromatic rings. The van der Waals surface area contributed by atoms with Crippen LogP contribution in [0.15, 0.2) is 60.8 Å². The second-order valence-corrected chi connectivity index (χ2v) is 14.4. The van der Waals surface area contributed by atoms with Crippen LogP contribution in [0.25, 0.3) is 10.9 Å². The van der Waals surface area contributed by atoms with Crippen LogP contribution >= 0.6 is 0 Å². The topological polar surface area (TPSA) is 328 Å². The molecule has 7 amide bonds. The van der Waals surface area contributed by atoms with Crippen molar-refractivity contribution in [1.82, 2.24) is 36.5 Å². The van der Waals surface area contributed by atoms with Gasteiger partial charge in [0.1, 0.15) is 24.2 Å². The predicted octanol–water partition coefficient (Wildman–Crippen LogP) is -2.95. The number of carbonyl (C=O) groups excluding carboxylic acids is 7. The summed E-state index contributed by atoms with van der Waals surface area (Å²) in [5.74, 6) is -7.70. The zero-order valence-electron chi connectivity index (χ0n) is 32.6. The Hall–Kier alpha value is -6.38. The highest BCUT2D eigenvalue weighted by Gasteiger charge is 2.41. The van der Waals surface area contributed by atoms with Gasteiger partial charge in [0, 0.05) is 30.1 Å². The lowest BCUT2D eigenvalue weighted by Gasteiger charge is -2.31. The third-order valence-corrected chi connectivity index (χ3v) is 9.78. The van der Waals surface area contributed by atoms with Crippen LogP contribution in [-0.4, -0.2) is 134 Å². The molecule has 318 valence electrons. The van der Waals surface area contributed by atoms with Crippen molar-refractivity contribution in [2.75, 3.05) is 13.1 Å². The zero-order valence-corrected chi connectivity index (χ0v) is 32.6. The fourth-order valence-corrected chi connectivity index (χ4v) is 6.68. The number of likely N-dealkylation sites (tertiary alicyclic amines) is 1. The highest BCUT2D eigenvalue weighted by atomic mass is 16.4. The number of nitrogens with zero attached hydrogens (tertiary/aromatic N) is 1. The minimum atomic E-state index is -1.66. The lowest BCUT2D eigenvalue weighted by atomic mass is 10.0. The molecule has 1 aliphatic heterocycles. The molecule has 1 aliphatic rings. The van der Waals surface area contributed by atoms with Gasteiger partial charge >= 0.3 is 5.97 Å². The summed E-state index contributed by atoms with van der Waals surface area (Å²) in [6.07, 6.45) is -1.49. The zero-order chi connectivity index (χ0) is 43.4. The second-order valence-electron chi connectivity index (χ2n) is 14.4. The summed E-state index contributed by atoms with van der Waals surface area (Å²) in [6.45, 7) is 1.77. The summed E-state index contributed by atoms with van der Waals surface area (Å²) in [6, 6.07) is 7.56. The Morgan fingerprint density at radius 3 is 2.12 bits per heavy atom. The van der Waals surface area contributed by atoms with Crippen molar-refractivity contribution in [1.29, 1.82) is 0 Å². The fraction of sp³-hybridized carbons (Fsp3) is 0.436. The monoisotopic (exact) mass is 821 g/mol. The lowest BCUT2D eigenvalue weighted by molar-refractivity contribution is -0.144. The first kappa shape index (κ1) is 45.3. The second kappa shape index (κ2) is 20.9. The Labute approximate surface area is 338 Å². The van der Waals surface area contributed by atoms with Crippen LogP contribution in [0.1, 0.15) is 44.2 Å². The van der Waals surface area contributed by atoms with Gasteiger partial charge in [0.05, 0.1) is 31.2 Å². The molecule has 1 fully saturated rings. The highest BCUT2D eigenvalue weighted by molar-refractivity contribution is 5.98. The average Bonchev–Trinajstić information content (AvgIpc) is 3.85. The van der Waals surface area contributed by atoms with Gasteiger partial charge in [0.25, 0.3) is 0 Å². The number of aliphatic carboxylic acids is 1. The van der Waals surface area contributed by atoms with E-state index in [1.165, 1.54) is 6.92 Å². The molecule has 0 radical (unpaired) electrons. The van der Waals surface area contributed by atoms with Gasteiger partial charge in [-0.2, -0.15) is 0 Å². The maximum atomic E-state index is 13.8. The first-order chi connectivity index (χ1) is 28.0. The number of primary amides is 1. The van der Waals surface area contributed by atoms with Gasteiger partial charge in [0.15, 0.2) is 6.04 Å². The largest absolute Gasteiger partial charge is 0.480 e. The summed E-state index contributed by atoms with van der Waals surface area (Å²) < 4.78 is 0. The van der Waals surface area contributed by atoms with Gasteiger partial charge in [-0.1, -0.05) is 48.5 Å². The van der Waals surface area contributed by atoms with E-state index >= 15 is 0 Å². The van der Waals surface area contributed by atoms with Crippen molar-refractivity contribution in [3.8, 4) is 0 Å². The van der Waals surface area contributed by atoms with E-state index < -0.39 is 109 Å². The Balaban J connectivity index is 1.49. The van der Waals surface area contributed by atoms with E-state index in [2.05, 4.69) is 31.6 Å². The van der Waals surface area contributed by atoms with E-state index in [-0.39, 0.29) is 25.8 Å². The number of benzene rings is 2. The summed E-state index contributed by atoms with van der Waals surface area (Å²) >= 11 is 0. The summed E-state index contributed by atoms with van der Waals surface area (Å²) in [5, 5.41) is 42.1. The molecule has 59 heavy (non-hydrogen) atoms. The molecule has 8 atom stereocenters. The molecule has 0 unspecified atom stereocenters. The number of nitrogens with two attached hydrogens (primary N) is 2. The number of para-hydroxylation sites is 1. The molecule has 20 heteroatoms. The van der Waals surface area contributed by atoms with E-state index in [1.807, 2.05) is 0 Å². The summed E-state index contributed by atoms with van der Waals surface area (Å²) in [7, 11) is 0. The standard InChI is InChI=1S/C39H51N9O11/c1-20(49)32(47-34(53)25(40)15-22-9-4-3-5-10-22)38(57)48-14-8-13-29(48)37(56)45-28(17-30(41)51)36(55)44-27(16-23-18-42-26-12-7-6-11-24(23)26)35(54)43-19-31(52)46-33(21(2)50)39(58)59/h3-7,9-12,18,20-21,25,27-29,32-33,42,49-50H,8,13-17,19,40H2,1-2H3,(H2,41,51)(H,43,54)(H,44,55)(H,45,56)(H,46,52)(H,47,53)(H,58,59)/t20-,21-,25+,27+,28+,29+,32+,33+/m1/s1. The molecule has 0 aliphatic carbocycles. The van der Waals surface area contributed by atoms with Crippen LogP contribution in [0.4, 0.5) is 0 Å². The van der Waals surface area contributed by atoms with Crippen molar-refractivity contribution in [3.63, 3.8) is 0 Å². The number of rotatable bonds is 20. The molecule has 20 nitrogen and oxygen atoms in total. The number of carbonyl (C=O) groups is 8. The summed E-state index contributed by atoms with van der Waals surface area (Å²) in [5.41, 5.74) is 13.6. The normalized spacial score (nSPS) is 17.3. The van der Waals surface area contributed by atoms with E-state index in [0.29, 0.717) is 22.9 Å². The lowest BCUT2D eigenvalue weighted by Crippen LogP contribution is -2.61. The highest BCUT2D eigenvalue weighted by Crippen LogP contribution is 2.21. The molecule has 13 N–H and O–H groups in total. The van der Waals surface area contributed by atoms with Crippen LogP contribution in [0, 0.1) is 0 Å². The van der Waals surface area contributed by atoms with Gasteiger partial charge in [-0.3, -0.25) is 33.6 Å². The number of aliphatic hydroxyl groups excluding tert-OH is 2. The van der Waals surface area contributed by atoms with Crippen LogP contribution < -0.4 is 38.1 Å². The van der Waals surface area contributed by atoms with Crippen LogP contribution in [0.5, 0.6) is 0 Å². The molecule has 0 bridgehead atoms. The first-order valence-electron chi connectivity index (χ1n) is 19.0. The number of nitrogens with one attached hydrogen (secondary N) is 6. The van der Waals surface area contributed by atoms with Crippen LogP contribution in [0.3, 0.4) is 0 Å². The molecule has 0 saturated carbocycles. The van der Waals surface area contributed by atoms with Crippen molar-refractivity contribution in [2.45, 2.75) is 94.4 Å². The minimum Gasteiger partial charge on any atom is -0.480 e. The number of aromatic amines is 1. The smallest absolute Gasteiger partial charge is 0.328 e. The Kier molecular flexibility index (Phi) is 16.0. The van der Waals surface area contributed by atoms with E-state index in [1.54, 1.807) is 60.8 Å². The molecule has 2 heterocycles. The number of amides is 7. The third kappa shape index (κ3) is 12.6. The Morgan fingerprint density at radius 1 is 0.814 bits per heavy atom. The van der Waals surface area contributed by atoms with Crippen molar-refractivity contribution < 1.29 is 53.7 Å². The molecule has 1 aromatic heterocycles. The maximum Gasteiger partial charge on any atom is 0.328 e. The van der Waals surface area contributed by atoms with E-state index in [9.17, 15) is 53.7 Å². The molecule has 2 aromatic carbocycles. The first-order valence-corrected chi connectivity index (χ1v) is 19.0. The van der Waals surface area contributed by atoms with E-state index in [4.69, 9.17) is 11.5 Å². The van der Waals surface area contributed by atoms with Crippen LogP contribution in [0.2, 0.25) is 0 Å². The summed E-state index contributed by atoms with van der Waals surface area (Å²) in [4.78, 5) is 108. The van der Waals surface area contributed by atoms with Gasteiger partial charge in [-0.25, -0.2) is 4.79 Å². The van der Waals surface area contributed by atoms with E-state index in [0.717, 1.165) is 17.4 Å². The SMILES string of the molecule is C[C@@H](O)[C@H](NC(=O)CNC(=O)[C@H](Cc1c[nH]c2ccccc12)NC(=O)[C@H](CC(N)=O)NC(=O)[C@@H]1CCCN1C(=O)[C@@H](NC(=O)[C@@H](N)Cc1ccccc1)[C@@H](C)O)C(=O)O. The third-order valence-electron chi connectivity index (χ3n) is 9.78. The number of fused-ring (bicyclic) bond motifs is 1. The fourth-order valence-electron chi connectivity index (χ4n) is 6.68. The Bertz CT molecular complexity index is 2010. The number of carboxylic acids is 1. The molecule has 0 spiro atoms. The number of aliphatic hydroxyl groups is 2. The minimum absolute atomic E-state index is 0.0592. The number of carboxylic acid groups (broad SMARTS) is 1. The van der Waals surface area contributed by atoms with Crippen molar-refractivity contribution >= 4 is 58.2 Å². The Morgan fingerprint density at radius 2 is 1.47 bits per heavy atom. The number of H-pyrrole nitrogens is 1. The van der Waals surface area contributed by atoms with Gasteiger partial charge < -0.3 is 63.3 Å².